The van der Waals surface area contributed by atoms with Gasteiger partial charge in [-0.25, -0.2) is 15.0 Å². The van der Waals surface area contributed by atoms with Gasteiger partial charge in [0.25, 0.3) is 0 Å². The SMILES string of the molecule is Nc1ncnc2c1ncn2C1OC(CO)C(O)C1NC(=O)C(N)Cc1ccc(O)cc1. The quantitative estimate of drug-likeness (QED) is 0.266. The molecule has 2 aromatic heterocycles. The van der Waals surface area contributed by atoms with Crippen molar-refractivity contribution in [3.8, 4) is 5.75 Å². The normalized spacial score (nSPS) is 24.4. The Bertz CT molecular complexity index is 1070. The van der Waals surface area contributed by atoms with Crippen LogP contribution < -0.4 is 16.8 Å². The van der Waals surface area contributed by atoms with Gasteiger partial charge in [0.15, 0.2) is 17.7 Å². The summed E-state index contributed by atoms with van der Waals surface area (Å²) >= 11 is 0. The van der Waals surface area contributed by atoms with Gasteiger partial charge in [-0.1, -0.05) is 12.1 Å². The van der Waals surface area contributed by atoms with Crippen LogP contribution in [0.4, 0.5) is 5.82 Å². The lowest BCUT2D eigenvalue weighted by atomic mass is 10.0. The number of benzene rings is 1. The van der Waals surface area contributed by atoms with Crippen molar-refractivity contribution in [3.63, 3.8) is 0 Å². The van der Waals surface area contributed by atoms with Gasteiger partial charge in [0.2, 0.25) is 5.91 Å². The number of anilines is 1. The number of aliphatic hydroxyl groups excluding tert-OH is 2. The van der Waals surface area contributed by atoms with E-state index in [1.54, 1.807) is 12.1 Å². The van der Waals surface area contributed by atoms with Crippen molar-refractivity contribution < 1.29 is 24.9 Å². The van der Waals surface area contributed by atoms with E-state index in [4.69, 9.17) is 16.2 Å². The van der Waals surface area contributed by atoms with Gasteiger partial charge in [0.1, 0.15) is 35.8 Å². The highest BCUT2D eigenvalue weighted by molar-refractivity contribution is 5.83. The van der Waals surface area contributed by atoms with Crippen LogP contribution in [0.5, 0.6) is 5.75 Å². The zero-order valence-corrected chi connectivity index (χ0v) is 16.4. The number of rotatable bonds is 6. The molecule has 0 radical (unpaired) electrons. The maximum atomic E-state index is 12.8. The molecule has 164 valence electrons. The summed E-state index contributed by atoms with van der Waals surface area (Å²) in [7, 11) is 0. The molecule has 0 saturated carbocycles. The minimum absolute atomic E-state index is 0.114. The van der Waals surface area contributed by atoms with E-state index in [9.17, 15) is 20.1 Å². The molecule has 4 rings (SSSR count). The molecule has 1 aliphatic heterocycles. The third kappa shape index (κ3) is 4.01. The van der Waals surface area contributed by atoms with Crippen LogP contribution in [0.1, 0.15) is 11.8 Å². The van der Waals surface area contributed by atoms with E-state index in [1.807, 2.05) is 0 Å². The topological polar surface area (TPSA) is 195 Å². The van der Waals surface area contributed by atoms with Gasteiger partial charge in [-0.05, 0) is 24.1 Å². The van der Waals surface area contributed by atoms with Crippen molar-refractivity contribution in [2.24, 2.45) is 5.73 Å². The van der Waals surface area contributed by atoms with E-state index >= 15 is 0 Å². The third-order valence-corrected chi connectivity index (χ3v) is 5.25. The van der Waals surface area contributed by atoms with E-state index in [1.165, 1.54) is 29.4 Å². The molecule has 8 N–H and O–H groups in total. The number of nitrogens with zero attached hydrogens (tertiary/aromatic N) is 4. The van der Waals surface area contributed by atoms with E-state index < -0.39 is 43.0 Å². The van der Waals surface area contributed by atoms with E-state index in [-0.39, 0.29) is 18.0 Å². The number of imidazole rings is 1. The first-order valence-electron chi connectivity index (χ1n) is 9.60. The molecule has 12 heteroatoms. The number of aromatic hydroxyl groups is 1. The van der Waals surface area contributed by atoms with Gasteiger partial charge < -0.3 is 36.8 Å². The number of carbonyl (C=O) groups is 1. The molecule has 0 spiro atoms. The molecule has 1 amide bonds. The number of nitrogens with one attached hydrogen (secondary N) is 1. The Balaban J connectivity index is 1.56. The predicted octanol–water partition coefficient (Wildman–Crippen LogP) is -1.58. The first-order valence-corrected chi connectivity index (χ1v) is 9.60. The van der Waals surface area contributed by atoms with Crippen molar-refractivity contribution in [1.29, 1.82) is 0 Å². The van der Waals surface area contributed by atoms with Crippen LogP contribution in [0.3, 0.4) is 0 Å². The second kappa shape index (κ2) is 8.43. The number of aliphatic hydroxyl groups is 2. The molecule has 3 heterocycles. The summed E-state index contributed by atoms with van der Waals surface area (Å²) in [6.45, 7) is -0.451. The molecule has 12 nitrogen and oxygen atoms in total. The number of phenols is 1. The second-order valence-corrected chi connectivity index (χ2v) is 7.33. The average molecular weight is 429 g/mol. The Hall–Kier alpha value is -3.32. The Kier molecular flexibility index (Phi) is 5.69. The van der Waals surface area contributed by atoms with Crippen LogP contribution >= 0.6 is 0 Å². The second-order valence-electron chi connectivity index (χ2n) is 7.33. The predicted molar refractivity (Wildman–Crippen MR) is 108 cm³/mol. The van der Waals surface area contributed by atoms with Crippen molar-refractivity contribution in [2.45, 2.75) is 36.9 Å². The maximum absolute atomic E-state index is 12.8. The average Bonchev–Trinajstić information content (AvgIpc) is 3.32. The van der Waals surface area contributed by atoms with Crippen molar-refractivity contribution in [3.05, 3.63) is 42.5 Å². The smallest absolute Gasteiger partial charge is 0.237 e. The van der Waals surface area contributed by atoms with Gasteiger partial charge in [-0.3, -0.25) is 9.36 Å². The molecule has 31 heavy (non-hydrogen) atoms. The standard InChI is InChI=1S/C19H23N7O5/c20-11(5-9-1-3-10(28)4-2-9)18(30)25-13-15(29)12(6-27)31-19(13)26-8-24-14-16(21)22-7-23-17(14)26/h1-4,7-8,11-13,15,19,27-29H,5-6,20H2,(H,25,30)(H2,21,22,23). The number of amides is 1. The molecular weight excluding hydrogens is 406 g/mol. The number of fused-ring (bicyclic) bond motifs is 1. The number of nitrogens with two attached hydrogens (primary N) is 2. The number of carbonyl (C=O) groups excluding carboxylic acids is 1. The summed E-state index contributed by atoms with van der Waals surface area (Å²) in [4.78, 5) is 25.0. The van der Waals surface area contributed by atoms with Crippen molar-refractivity contribution in [2.75, 3.05) is 12.3 Å². The first-order chi connectivity index (χ1) is 14.9. The van der Waals surface area contributed by atoms with Crippen LogP contribution in [0.15, 0.2) is 36.9 Å². The van der Waals surface area contributed by atoms with Crippen LogP contribution in [-0.2, 0) is 16.0 Å². The van der Waals surface area contributed by atoms with E-state index in [0.29, 0.717) is 11.2 Å². The molecule has 1 fully saturated rings. The highest BCUT2D eigenvalue weighted by Gasteiger charge is 2.46. The minimum Gasteiger partial charge on any atom is -0.508 e. The lowest BCUT2D eigenvalue weighted by molar-refractivity contribution is -0.124. The van der Waals surface area contributed by atoms with E-state index in [2.05, 4.69) is 20.3 Å². The molecule has 5 unspecified atom stereocenters. The number of aromatic nitrogens is 4. The van der Waals surface area contributed by atoms with Crippen LogP contribution in [-0.4, -0.2) is 71.6 Å². The van der Waals surface area contributed by atoms with E-state index in [0.717, 1.165) is 5.56 Å². The highest BCUT2D eigenvalue weighted by Crippen LogP contribution is 2.32. The first kappa shape index (κ1) is 20.9. The Morgan fingerprint density at radius 1 is 1.26 bits per heavy atom. The number of hydrogen-bond donors (Lipinski definition) is 6. The Morgan fingerprint density at radius 3 is 2.71 bits per heavy atom. The molecule has 1 saturated heterocycles. The zero-order chi connectivity index (χ0) is 22.1. The number of phenolic OH excluding ortho intramolecular Hbond substituents is 1. The van der Waals surface area contributed by atoms with Crippen molar-refractivity contribution in [1.82, 2.24) is 24.8 Å². The summed E-state index contributed by atoms with van der Waals surface area (Å²) in [6.07, 6.45) is -0.122. The fourth-order valence-electron chi connectivity index (χ4n) is 3.60. The summed E-state index contributed by atoms with van der Waals surface area (Å²) in [5, 5.41) is 32.3. The van der Waals surface area contributed by atoms with Gasteiger partial charge >= 0.3 is 0 Å². The summed E-state index contributed by atoms with van der Waals surface area (Å²) in [5.41, 5.74) is 13.3. The van der Waals surface area contributed by atoms with Crippen LogP contribution in [0.25, 0.3) is 11.2 Å². The molecular formula is C19H23N7O5. The fourth-order valence-corrected chi connectivity index (χ4v) is 3.60. The molecule has 0 bridgehead atoms. The minimum atomic E-state index is -1.20. The summed E-state index contributed by atoms with van der Waals surface area (Å²) in [6, 6.07) is 4.51. The highest BCUT2D eigenvalue weighted by atomic mass is 16.5. The number of ether oxygens (including phenoxy) is 1. The molecule has 1 aromatic carbocycles. The van der Waals surface area contributed by atoms with Crippen LogP contribution in [0, 0.1) is 0 Å². The summed E-state index contributed by atoms with van der Waals surface area (Å²) in [5.74, 6) is -0.219. The Labute approximate surface area is 176 Å². The van der Waals surface area contributed by atoms with Crippen molar-refractivity contribution >= 4 is 22.9 Å². The largest absolute Gasteiger partial charge is 0.508 e. The molecule has 1 aliphatic rings. The number of nitrogen functional groups attached to an aromatic ring is 1. The third-order valence-electron chi connectivity index (χ3n) is 5.25. The number of hydrogen-bond acceptors (Lipinski definition) is 10. The zero-order valence-electron chi connectivity index (χ0n) is 16.4. The monoisotopic (exact) mass is 429 g/mol. The maximum Gasteiger partial charge on any atom is 0.237 e. The fraction of sp³-hybridized carbons (Fsp3) is 0.368. The van der Waals surface area contributed by atoms with Gasteiger partial charge in [-0.2, -0.15) is 0 Å². The lowest BCUT2D eigenvalue weighted by Crippen LogP contribution is -2.52. The summed E-state index contributed by atoms with van der Waals surface area (Å²) < 4.78 is 7.29. The molecule has 5 atom stereocenters. The van der Waals surface area contributed by atoms with Crippen LogP contribution in [0.2, 0.25) is 0 Å². The molecule has 3 aromatic rings. The van der Waals surface area contributed by atoms with Gasteiger partial charge in [-0.15, -0.1) is 0 Å². The lowest BCUT2D eigenvalue weighted by Gasteiger charge is -2.24. The molecule has 0 aliphatic carbocycles. The van der Waals surface area contributed by atoms with Gasteiger partial charge in [0.05, 0.1) is 19.0 Å². The Morgan fingerprint density at radius 2 is 2.00 bits per heavy atom. The van der Waals surface area contributed by atoms with Gasteiger partial charge in [0, 0.05) is 0 Å².